The molecule has 2 N–H and O–H groups in total. The summed E-state index contributed by atoms with van der Waals surface area (Å²) < 4.78 is 30.5. The number of hydrogen-bond donors (Lipinski definition) is 1. The number of nitrogens with two attached hydrogens (primary N) is 1. The molecule has 0 radical (unpaired) electrons. The second-order valence-corrected chi connectivity index (χ2v) is 5.54. The number of hydrogen-bond acceptors (Lipinski definition) is 4. The second kappa shape index (κ2) is 5.06. The topological polar surface area (TPSA) is 72.6 Å². The predicted molar refractivity (Wildman–Crippen MR) is 54.4 cm³/mol. The SMILES string of the molecule is CCC(CN)S(=O)(=O)N1CCOCC1. The summed E-state index contributed by atoms with van der Waals surface area (Å²) in [5.74, 6) is 0. The van der Waals surface area contributed by atoms with E-state index in [4.69, 9.17) is 10.5 Å². The van der Waals surface area contributed by atoms with Crippen molar-refractivity contribution in [1.29, 1.82) is 0 Å². The molecule has 1 aliphatic heterocycles. The fraction of sp³-hybridized carbons (Fsp3) is 1.00. The Bertz CT molecular complexity index is 256. The Balaban J connectivity index is 2.71. The minimum Gasteiger partial charge on any atom is -0.379 e. The molecule has 84 valence electrons. The number of rotatable bonds is 4. The molecule has 1 rings (SSSR count). The molecular formula is C8H18N2O3S. The van der Waals surface area contributed by atoms with E-state index >= 15 is 0 Å². The van der Waals surface area contributed by atoms with E-state index in [-0.39, 0.29) is 6.54 Å². The zero-order valence-corrected chi connectivity index (χ0v) is 9.29. The molecule has 0 aromatic heterocycles. The lowest BCUT2D eigenvalue weighted by Crippen LogP contribution is -2.47. The molecule has 0 aliphatic carbocycles. The molecule has 1 heterocycles. The Morgan fingerprint density at radius 3 is 2.43 bits per heavy atom. The predicted octanol–water partition coefficient (Wildman–Crippen LogP) is -0.614. The summed E-state index contributed by atoms with van der Waals surface area (Å²) in [5.41, 5.74) is 5.44. The van der Waals surface area contributed by atoms with E-state index in [1.807, 2.05) is 6.92 Å². The van der Waals surface area contributed by atoms with Gasteiger partial charge in [0.1, 0.15) is 0 Å². The standard InChI is InChI=1S/C8H18N2O3S/c1-2-8(7-9)14(11,12)10-3-5-13-6-4-10/h8H,2-7,9H2,1H3. The third kappa shape index (κ3) is 2.44. The zero-order valence-electron chi connectivity index (χ0n) is 8.48. The van der Waals surface area contributed by atoms with E-state index in [1.54, 1.807) is 0 Å². The van der Waals surface area contributed by atoms with Crippen LogP contribution in [0.25, 0.3) is 0 Å². The van der Waals surface area contributed by atoms with E-state index in [1.165, 1.54) is 4.31 Å². The molecule has 14 heavy (non-hydrogen) atoms. The Kier molecular flexibility index (Phi) is 4.31. The Hall–Kier alpha value is -0.170. The van der Waals surface area contributed by atoms with E-state index in [9.17, 15) is 8.42 Å². The van der Waals surface area contributed by atoms with Gasteiger partial charge in [0.05, 0.1) is 18.5 Å². The first-order valence-electron chi connectivity index (χ1n) is 4.89. The minimum atomic E-state index is -3.20. The van der Waals surface area contributed by atoms with Crippen molar-refractivity contribution in [1.82, 2.24) is 4.31 Å². The molecule has 1 fully saturated rings. The normalized spacial score (nSPS) is 22.1. The van der Waals surface area contributed by atoms with Gasteiger partial charge < -0.3 is 10.5 Å². The molecule has 0 amide bonds. The average Bonchev–Trinajstić information content (AvgIpc) is 2.20. The van der Waals surface area contributed by atoms with Crippen molar-refractivity contribution in [2.24, 2.45) is 5.73 Å². The zero-order chi connectivity index (χ0) is 10.6. The molecule has 1 unspecified atom stereocenters. The van der Waals surface area contributed by atoms with Crippen LogP contribution < -0.4 is 5.73 Å². The molecule has 0 bridgehead atoms. The molecule has 1 atom stereocenters. The Labute approximate surface area is 85.3 Å². The van der Waals surface area contributed by atoms with Crippen molar-refractivity contribution < 1.29 is 13.2 Å². The molecule has 0 aromatic carbocycles. The van der Waals surface area contributed by atoms with Crippen LogP contribution in [0.15, 0.2) is 0 Å². The molecule has 5 nitrogen and oxygen atoms in total. The van der Waals surface area contributed by atoms with Crippen LogP contribution in [0.1, 0.15) is 13.3 Å². The summed E-state index contributed by atoms with van der Waals surface area (Å²) in [6, 6.07) is 0. The molecular weight excluding hydrogens is 204 g/mol. The van der Waals surface area contributed by atoms with Crippen molar-refractivity contribution in [2.45, 2.75) is 18.6 Å². The monoisotopic (exact) mass is 222 g/mol. The van der Waals surface area contributed by atoms with Crippen molar-refractivity contribution in [3.05, 3.63) is 0 Å². The van der Waals surface area contributed by atoms with E-state index < -0.39 is 15.3 Å². The molecule has 0 aromatic rings. The number of morpholine rings is 1. The molecule has 0 saturated carbocycles. The number of sulfonamides is 1. The van der Waals surface area contributed by atoms with Crippen LogP contribution in [0.3, 0.4) is 0 Å². The van der Waals surface area contributed by atoms with Crippen LogP contribution >= 0.6 is 0 Å². The summed E-state index contributed by atoms with van der Waals surface area (Å²) in [7, 11) is -3.20. The highest BCUT2D eigenvalue weighted by Gasteiger charge is 2.30. The molecule has 1 aliphatic rings. The van der Waals surface area contributed by atoms with E-state index in [0.717, 1.165) is 0 Å². The summed E-state index contributed by atoms with van der Waals surface area (Å²) in [6.45, 7) is 3.92. The van der Waals surface area contributed by atoms with E-state index in [0.29, 0.717) is 32.7 Å². The Morgan fingerprint density at radius 1 is 1.43 bits per heavy atom. The maximum Gasteiger partial charge on any atom is 0.218 e. The van der Waals surface area contributed by atoms with Crippen LogP contribution in [0, 0.1) is 0 Å². The smallest absolute Gasteiger partial charge is 0.218 e. The van der Waals surface area contributed by atoms with Crippen molar-refractivity contribution in [3.63, 3.8) is 0 Å². The van der Waals surface area contributed by atoms with Crippen molar-refractivity contribution >= 4 is 10.0 Å². The molecule has 0 spiro atoms. The van der Waals surface area contributed by atoms with Crippen molar-refractivity contribution in [2.75, 3.05) is 32.8 Å². The first-order valence-corrected chi connectivity index (χ1v) is 6.40. The maximum atomic E-state index is 11.9. The summed E-state index contributed by atoms with van der Waals surface area (Å²) in [6.07, 6.45) is 0.566. The summed E-state index contributed by atoms with van der Waals surface area (Å²) >= 11 is 0. The summed E-state index contributed by atoms with van der Waals surface area (Å²) in [5, 5.41) is -0.444. The third-order valence-corrected chi connectivity index (χ3v) is 4.92. The molecule has 1 saturated heterocycles. The first-order chi connectivity index (χ1) is 6.62. The highest BCUT2D eigenvalue weighted by molar-refractivity contribution is 7.89. The van der Waals surface area contributed by atoms with E-state index in [2.05, 4.69) is 0 Å². The number of ether oxygens (including phenoxy) is 1. The highest BCUT2D eigenvalue weighted by Crippen LogP contribution is 2.13. The van der Waals surface area contributed by atoms with Gasteiger partial charge in [-0.2, -0.15) is 4.31 Å². The van der Waals surface area contributed by atoms with Crippen LogP contribution in [0.2, 0.25) is 0 Å². The lowest BCUT2D eigenvalue weighted by atomic mass is 10.3. The quantitative estimate of drug-likeness (QED) is 0.688. The lowest BCUT2D eigenvalue weighted by Gasteiger charge is -2.29. The maximum absolute atomic E-state index is 11.9. The van der Waals surface area contributed by atoms with Gasteiger partial charge in [0.2, 0.25) is 10.0 Å². The van der Waals surface area contributed by atoms with Crippen LogP contribution in [0.4, 0.5) is 0 Å². The highest BCUT2D eigenvalue weighted by atomic mass is 32.2. The van der Waals surface area contributed by atoms with Gasteiger partial charge >= 0.3 is 0 Å². The Morgan fingerprint density at radius 2 is 2.00 bits per heavy atom. The largest absolute Gasteiger partial charge is 0.379 e. The fourth-order valence-electron chi connectivity index (χ4n) is 1.51. The number of nitrogens with zero attached hydrogens (tertiary/aromatic N) is 1. The van der Waals surface area contributed by atoms with Crippen molar-refractivity contribution in [3.8, 4) is 0 Å². The van der Waals surface area contributed by atoms with Gasteiger partial charge in [0, 0.05) is 19.6 Å². The fourth-order valence-corrected chi connectivity index (χ4v) is 3.25. The lowest BCUT2D eigenvalue weighted by molar-refractivity contribution is 0.0726. The van der Waals surface area contributed by atoms with Gasteiger partial charge in [-0.1, -0.05) is 6.92 Å². The second-order valence-electron chi connectivity index (χ2n) is 3.32. The van der Waals surface area contributed by atoms with Crippen LogP contribution in [-0.4, -0.2) is 50.8 Å². The average molecular weight is 222 g/mol. The van der Waals surface area contributed by atoms with Gasteiger partial charge in [-0.15, -0.1) is 0 Å². The van der Waals surface area contributed by atoms with Gasteiger partial charge in [0.15, 0.2) is 0 Å². The van der Waals surface area contributed by atoms with Gasteiger partial charge in [-0.3, -0.25) is 0 Å². The summed E-state index contributed by atoms with van der Waals surface area (Å²) in [4.78, 5) is 0. The third-order valence-electron chi connectivity index (χ3n) is 2.47. The molecule has 6 heteroatoms. The van der Waals surface area contributed by atoms with Gasteiger partial charge in [-0.05, 0) is 6.42 Å². The first kappa shape index (κ1) is 11.9. The van der Waals surface area contributed by atoms with Crippen LogP contribution in [0.5, 0.6) is 0 Å². The van der Waals surface area contributed by atoms with Gasteiger partial charge in [-0.25, -0.2) is 8.42 Å². The minimum absolute atomic E-state index is 0.191. The van der Waals surface area contributed by atoms with Crippen LogP contribution in [-0.2, 0) is 14.8 Å². The van der Waals surface area contributed by atoms with Gasteiger partial charge in [0.25, 0.3) is 0 Å².